The van der Waals surface area contributed by atoms with Crippen molar-refractivity contribution in [2.45, 2.75) is 6.54 Å². The summed E-state index contributed by atoms with van der Waals surface area (Å²) in [6.07, 6.45) is 1.56. The number of pyridine rings is 1. The molecular formula is C11H9Br2N3O2. The zero-order valence-electron chi connectivity index (χ0n) is 9.43. The minimum atomic E-state index is -0.214. The number of halogens is 2. The summed E-state index contributed by atoms with van der Waals surface area (Å²) in [5.74, 6) is 0.511. The second-order valence-corrected chi connectivity index (χ2v) is 5.09. The average Bonchev–Trinajstić information content (AvgIpc) is 2.40. The van der Waals surface area contributed by atoms with Gasteiger partial charge in [-0.2, -0.15) is 5.10 Å². The molecule has 0 atom stereocenters. The molecule has 2 rings (SSSR count). The van der Waals surface area contributed by atoms with Crippen LogP contribution < -0.4 is 10.3 Å². The maximum atomic E-state index is 11.9. The lowest BCUT2D eigenvalue weighted by atomic mass is 10.3. The summed E-state index contributed by atoms with van der Waals surface area (Å²) in [7, 11) is 1.55. The Morgan fingerprint density at radius 3 is 2.89 bits per heavy atom. The van der Waals surface area contributed by atoms with Crippen LogP contribution in [0.4, 0.5) is 0 Å². The van der Waals surface area contributed by atoms with Gasteiger partial charge in [0.1, 0.15) is 4.47 Å². The molecule has 7 heteroatoms. The summed E-state index contributed by atoms with van der Waals surface area (Å²) in [4.78, 5) is 16.1. The predicted octanol–water partition coefficient (Wildman–Crippen LogP) is 2.22. The lowest BCUT2D eigenvalue weighted by molar-refractivity contribution is 0.395. The Morgan fingerprint density at radius 1 is 1.39 bits per heavy atom. The van der Waals surface area contributed by atoms with Crippen LogP contribution in [0.5, 0.6) is 5.88 Å². The topological polar surface area (TPSA) is 57.0 Å². The second kappa shape index (κ2) is 5.62. The first kappa shape index (κ1) is 13.2. The van der Waals surface area contributed by atoms with Crippen molar-refractivity contribution < 1.29 is 4.74 Å². The smallest absolute Gasteiger partial charge is 0.282 e. The van der Waals surface area contributed by atoms with E-state index in [2.05, 4.69) is 41.9 Å². The third-order valence-electron chi connectivity index (χ3n) is 2.24. The minimum absolute atomic E-state index is 0.214. The first-order chi connectivity index (χ1) is 8.61. The quantitative estimate of drug-likeness (QED) is 0.826. The molecule has 0 radical (unpaired) electrons. The molecule has 94 valence electrons. The molecular weight excluding hydrogens is 366 g/mol. The fourth-order valence-corrected chi connectivity index (χ4v) is 1.94. The number of aromatic nitrogens is 3. The minimum Gasteiger partial charge on any atom is -0.481 e. The highest BCUT2D eigenvalue weighted by atomic mass is 79.9. The third-order valence-corrected chi connectivity index (χ3v) is 4.14. The zero-order chi connectivity index (χ0) is 13.1. The summed E-state index contributed by atoms with van der Waals surface area (Å²) < 4.78 is 7.43. The first-order valence-corrected chi connectivity index (χ1v) is 6.61. The van der Waals surface area contributed by atoms with E-state index in [1.807, 2.05) is 12.1 Å². The Morgan fingerprint density at radius 2 is 2.17 bits per heavy atom. The number of nitrogens with zero attached hydrogens (tertiary/aromatic N) is 3. The highest BCUT2D eigenvalue weighted by molar-refractivity contribution is 9.13. The molecule has 0 saturated heterocycles. The van der Waals surface area contributed by atoms with Crippen LogP contribution in [0.3, 0.4) is 0 Å². The van der Waals surface area contributed by atoms with Gasteiger partial charge in [-0.15, -0.1) is 0 Å². The van der Waals surface area contributed by atoms with E-state index in [0.717, 1.165) is 0 Å². The second-order valence-electron chi connectivity index (χ2n) is 3.44. The predicted molar refractivity (Wildman–Crippen MR) is 73.8 cm³/mol. The first-order valence-electron chi connectivity index (χ1n) is 5.03. The molecule has 0 aromatic carbocycles. The van der Waals surface area contributed by atoms with E-state index in [0.29, 0.717) is 27.1 Å². The van der Waals surface area contributed by atoms with E-state index in [9.17, 15) is 4.79 Å². The molecule has 0 N–H and O–H groups in total. The van der Waals surface area contributed by atoms with Crippen molar-refractivity contribution in [2.75, 3.05) is 7.11 Å². The summed E-state index contributed by atoms with van der Waals surface area (Å²) in [5, 5.41) is 4.04. The van der Waals surface area contributed by atoms with Crippen molar-refractivity contribution in [3.05, 3.63) is 49.4 Å². The monoisotopic (exact) mass is 373 g/mol. The maximum Gasteiger partial charge on any atom is 0.282 e. The Balaban J connectivity index is 2.34. The van der Waals surface area contributed by atoms with Gasteiger partial charge in [0, 0.05) is 6.07 Å². The fourth-order valence-electron chi connectivity index (χ4n) is 1.37. The highest BCUT2D eigenvalue weighted by Gasteiger charge is 2.08. The van der Waals surface area contributed by atoms with Crippen LogP contribution in [-0.2, 0) is 6.54 Å². The van der Waals surface area contributed by atoms with Gasteiger partial charge in [-0.1, -0.05) is 6.07 Å². The van der Waals surface area contributed by atoms with E-state index in [1.165, 1.54) is 4.68 Å². The van der Waals surface area contributed by atoms with Crippen LogP contribution in [0, 0.1) is 0 Å². The van der Waals surface area contributed by atoms with Gasteiger partial charge in [-0.05, 0) is 37.9 Å². The van der Waals surface area contributed by atoms with E-state index in [1.54, 1.807) is 19.4 Å². The summed E-state index contributed by atoms with van der Waals surface area (Å²) >= 11 is 6.44. The largest absolute Gasteiger partial charge is 0.481 e. The van der Waals surface area contributed by atoms with E-state index in [-0.39, 0.29) is 5.56 Å². The molecule has 0 aliphatic heterocycles. The van der Waals surface area contributed by atoms with Gasteiger partial charge < -0.3 is 4.74 Å². The zero-order valence-corrected chi connectivity index (χ0v) is 12.6. The Kier molecular flexibility index (Phi) is 4.13. The molecule has 0 unspecified atom stereocenters. The molecule has 0 aliphatic carbocycles. The molecule has 0 saturated carbocycles. The standard InChI is InChI=1S/C11H9Br2N3O2/c1-18-9-4-2-3-7(15-9)6-16-11(17)10(13)8(12)5-14-16/h2-5H,6H2,1H3. The van der Waals surface area contributed by atoms with Crippen molar-refractivity contribution in [3.63, 3.8) is 0 Å². The van der Waals surface area contributed by atoms with Crippen LogP contribution in [0.25, 0.3) is 0 Å². The molecule has 0 spiro atoms. The molecule has 0 fully saturated rings. The van der Waals surface area contributed by atoms with E-state index in [4.69, 9.17) is 4.74 Å². The maximum absolute atomic E-state index is 11.9. The Hall–Kier alpha value is -1.21. The number of methoxy groups -OCH3 is 1. The van der Waals surface area contributed by atoms with Gasteiger partial charge in [0.05, 0.1) is 30.0 Å². The van der Waals surface area contributed by atoms with E-state index >= 15 is 0 Å². The summed E-state index contributed by atoms with van der Waals surface area (Å²) in [6.45, 7) is 0.294. The molecule has 0 amide bonds. The van der Waals surface area contributed by atoms with Crippen molar-refractivity contribution >= 4 is 31.9 Å². The lowest BCUT2D eigenvalue weighted by Crippen LogP contribution is -2.24. The SMILES string of the molecule is COc1cccc(Cn2ncc(Br)c(Br)c2=O)n1. The van der Waals surface area contributed by atoms with Crippen LogP contribution in [0.15, 0.2) is 38.1 Å². The number of ether oxygens (including phenoxy) is 1. The van der Waals surface area contributed by atoms with Crippen LogP contribution >= 0.6 is 31.9 Å². The molecule has 5 nitrogen and oxygen atoms in total. The molecule has 2 heterocycles. The van der Waals surface area contributed by atoms with Gasteiger partial charge in [0.2, 0.25) is 5.88 Å². The lowest BCUT2D eigenvalue weighted by Gasteiger charge is -2.06. The van der Waals surface area contributed by atoms with Crippen molar-refractivity contribution in [2.24, 2.45) is 0 Å². The van der Waals surface area contributed by atoms with Crippen LogP contribution in [-0.4, -0.2) is 21.9 Å². The molecule has 2 aromatic rings. The van der Waals surface area contributed by atoms with Crippen LogP contribution in [0.2, 0.25) is 0 Å². The number of hydrogen-bond donors (Lipinski definition) is 0. The van der Waals surface area contributed by atoms with Gasteiger partial charge >= 0.3 is 0 Å². The van der Waals surface area contributed by atoms with Gasteiger partial charge in [0.25, 0.3) is 5.56 Å². The number of hydrogen-bond acceptors (Lipinski definition) is 4. The van der Waals surface area contributed by atoms with Gasteiger partial charge in [-0.3, -0.25) is 4.79 Å². The molecule has 0 aliphatic rings. The Bertz CT molecular complexity index is 628. The molecule has 0 bridgehead atoms. The normalized spacial score (nSPS) is 10.4. The third kappa shape index (κ3) is 2.78. The highest BCUT2D eigenvalue weighted by Crippen LogP contribution is 2.16. The molecule has 2 aromatic heterocycles. The van der Waals surface area contributed by atoms with Crippen LogP contribution in [0.1, 0.15) is 5.69 Å². The van der Waals surface area contributed by atoms with Crippen molar-refractivity contribution in [3.8, 4) is 5.88 Å². The van der Waals surface area contributed by atoms with Gasteiger partial charge in [0.15, 0.2) is 0 Å². The average molecular weight is 375 g/mol. The fraction of sp³-hybridized carbons (Fsp3) is 0.182. The van der Waals surface area contributed by atoms with E-state index < -0.39 is 0 Å². The summed E-state index contributed by atoms with van der Waals surface area (Å²) in [5.41, 5.74) is 0.493. The van der Waals surface area contributed by atoms with Crippen molar-refractivity contribution in [1.82, 2.24) is 14.8 Å². The Labute approximate surface area is 120 Å². The molecule has 18 heavy (non-hydrogen) atoms. The number of rotatable bonds is 3. The van der Waals surface area contributed by atoms with Crippen molar-refractivity contribution in [1.29, 1.82) is 0 Å². The summed E-state index contributed by atoms with van der Waals surface area (Å²) in [6, 6.07) is 5.38. The van der Waals surface area contributed by atoms with Gasteiger partial charge in [-0.25, -0.2) is 9.67 Å².